The highest BCUT2D eigenvalue weighted by molar-refractivity contribution is 8.19. The second kappa shape index (κ2) is 10.2. The van der Waals surface area contributed by atoms with Crippen molar-refractivity contribution in [1.82, 2.24) is 9.80 Å². The molecule has 0 atom stereocenters. The van der Waals surface area contributed by atoms with Crippen LogP contribution < -0.4 is 5.32 Å². The Hall–Kier alpha value is -3.15. The normalized spacial score (nSPS) is 21.1. The maximum absolute atomic E-state index is 13.8. The Balaban J connectivity index is 1.57. The lowest BCUT2D eigenvalue weighted by Crippen LogP contribution is -2.29. The summed E-state index contributed by atoms with van der Waals surface area (Å²) < 4.78 is 0. The van der Waals surface area contributed by atoms with Gasteiger partial charge in [0.15, 0.2) is 5.17 Å². The molecule has 1 aliphatic carbocycles. The van der Waals surface area contributed by atoms with E-state index in [-0.39, 0.29) is 5.91 Å². The number of rotatable bonds is 5. The van der Waals surface area contributed by atoms with Crippen molar-refractivity contribution in [3.8, 4) is 6.07 Å². The number of thioether (sulfide) groups is 2. The SMILES string of the molecule is CCNc1ccc(C#N)cc1N=C1SC(=C2SC3=C(CCCC3)N2C)C(=O)N1Cc1ccccc1. The summed E-state index contributed by atoms with van der Waals surface area (Å²) in [4.78, 5) is 24.9. The average molecular weight is 502 g/mol. The van der Waals surface area contributed by atoms with Gasteiger partial charge in [-0.05, 0) is 68.1 Å². The van der Waals surface area contributed by atoms with Crippen LogP contribution in [0.1, 0.15) is 43.7 Å². The molecule has 2 aromatic rings. The van der Waals surface area contributed by atoms with Gasteiger partial charge in [-0.25, -0.2) is 4.99 Å². The third-order valence-electron chi connectivity index (χ3n) is 6.27. The summed E-state index contributed by atoms with van der Waals surface area (Å²) in [7, 11) is 2.08. The van der Waals surface area contributed by atoms with E-state index in [9.17, 15) is 10.1 Å². The average Bonchev–Trinajstić information content (AvgIpc) is 3.37. The van der Waals surface area contributed by atoms with Gasteiger partial charge in [0.25, 0.3) is 5.91 Å². The lowest BCUT2D eigenvalue weighted by molar-refractivity contribution is -0.122. The molecule has 2 heterocycles. The van der Waals surface area contributed by atoms with E-state index >= 15 is 0 Å². The van der Waals surface area contributed by atoms with Crippen LogP contribution in [0.3, 0.4) is 0 Å². The molecule has 1 amide bonds. The Morgan fingerprint density at radius 3 is 2.66 bits per heavy atom. The number of anilines is 1. The number of nitrogens with zero attached hydrogens (tertiary/aromatic N) is 4. The fourth-order valence-electron chi connectivity index (χ4n) is 4.49. The van der Waals surface area contributed by atoms with Crippen LogP contribution in [0.25, 0.3) is 0 Å². The first-order chi connectivity index (χ1) is 17.1. The summed E-state index contributed by atoms with van der Waals surface area (Å²) in [6.07, 6.45) is 4.55. The Morgan fingerprint density at radius 2 is 1.91 bits per heavy atom. The minimum Gasteiger partial charge on any atom is -0.384 e. The van der Waals surface area contributed by atoms with Gasteiger partial charge in [0.2, 0.25) is 0 Å². The maximum Gasteiger partial charge on any atom is 0.269 e. The number of nitrogens with one attached hydrogen (secondary N) is 1. The van der Waals surface area contributed by atoms with Crippen molar-refractivity contribution in [3.05, 3.63) is 80.2 Å². The van der Waals surface area contributed by atoms with Crippen LogP contribution in [-0.4, -0.2) is 34.5 Å². The molecule has 0 unspecified atom stereocenters. The first-order valence-electron chi connectivity index (χ1n) is 11.9. The molecule has 8 heteroatoms. The molecule has 6 nitrogen and oxygen atoms in total. The monoisotopic (exact) mass is 501 g/mol. The predicted octanol–water partition coefficient (Wildman–Crippen LogP) is 6.39. The molecule has 0 spiro atoms. The second-order valence-corrected chi connectivity index (χ2v) is 10.7. The van der Waals surface area contributed by atoms with Gasteiger partial charge in [-0.1, -0.05) is 42.1 Å². The van der Waals surface area contributed by atoms with E-state index in [4.69, 9.17) is 4.99 Å². The largest absolute Gasteiger partial charge is 0.384 e. The molecule has 1 fully saturated rings. The Kier molecular flexibility index (Phi) is 6.89. The van der Waals surface area contributed by atoms with Crippen LogP contribution in [0.15, 0.2) is 74.1 Å². The zero-order chi connectivity index (χ0) is 24.4. The number of amidine groups is 1. The zero-order valence-electron chi connectivity index (χ0n) is 19.9. The number of hydrogen-bond donors (Lipinski definition) is 1. The van der Waals surface area contributed by atoms with Crippen LogP contribution in [0.2, 0.25) is 0 Å². The smallest absolute Gasteiger partial charge is 0.269 e. The molecule has 1 saturated heterocycles. The number of hydrogen-bond acceptors (Lipinski definition) is 7. The van der Waals surface area contributed by atoms with Crippen LogP contribution in [0.5, 0.6) is 0 Å². The summed E-state index contributed by atoms with van der Waals surface area (Å²) in [5, 5.41) is 14.4. The summed E-state index contributed by atoms with van der Waals surface area (Å²) in [5.41, 5.74) is 4.44. The van der Waals surface area contributed by atoms with Crippen molar-refractivity contribution in [2.45, 2.75) is 39.2 Å². The number of allylic oxidation sites excluding steroid dienone is 2. The predicted molar refractivity (Wildman–Crippen MR) is 145 cm³/mol. The van der Waals surface area contributed by atoms with Crippen molar-refractivity contribution in [3.63, 3.8) is 0 Å². The number of carbonyl (C=O) groups excluding carboxylic acids is 1. The van der Waals surface area contributed by atoms with E-state index in [1.54, 1.807) is 28.8 Å². The zero-order valence-corrected chi connectivity index (χ0v) is 21.5. The van der Waals surface area contributed by atoms with Crippen molar-refractivity contribution >= 4 is 46.0 Å². The lowest BCUT2D eigenvalue weighted by atomic mass is 10.0. The molecule has 2 aliphatic heterocycles. The molecule has 2 aromatic carbocycles. The molecular formula is C27H27N5OS2. The van der Waals surface area contributed by atoms with Gasteiger partial charge in [-0.2, -0.15) is 5.26 Å². The number of benzene rings is 2. The molecule has 0 bridgehead atoms. The number of aliphatic imine (C=N–C) groups is 1. The van der Waals surface area contributed by atoms with E-state index < -0.39 is 0 Å². The molecule has 178 valence electrons. The molecule has 35 heavy (non-hydrogen) atoms. The Morgan fingerprint density at radius 1 is 1.11 bits per heavy atom. The quantitative estimate of drug-likeness (QED) is 0.479. The summed E-state index contributed by atoms with van der Waals surface area (Å²) in [6, 6.07) is 17.6. The van der Waals surface area contributed by atoms with Crippen LogP contribution >= 0.6 is 23.5 Å². The van der Waals surface area contributed by atoms with Gasteiger partial charge >= 0.3 is 0 Å². The van der Waals surface area contributed by atoms with Gasteiger partial charge < -0.3 is 10.2 Å². The third-order valence-corrected chi connectivity index (χ3v) is 8.82. The third kappa shape index (κ3) is 4.71. The minimum atomic E-state index is -0.0201. The fourth-order valence-corrected chi connectivity index (χ4v) is 7.01. The Bertz CT molecular complexity index is 1290. The number of nitriles is 1. The topological polar surface area (TPSA) is 71.7 Å². The van der Waals surface area contributed by atoms with E-state index in [1.807, 2.05) is 43.3 Å². The number of amides is 1. The fraction of sp³-hybridized carbons (Fsp3) is 0.296. The van der Waals surface area contributed by atoms with Gasteiger partial charge in [-0.3, -0.25) is 9.69 Å². The maximum atomic E-state index is 13.8. The van der Waals surface area contributed by atoms with Crippen molar-refractivity contribution in [1.29, 1.82) is 5.26 Å². The first-order valence-corrected chi connectivity index (χ1v) is 13.5. The minimum absolute atomic E-state index is 0.0201. The van der Waals surface area contributed by atoms with Crippen LogP contribution in [0, 0.1) is 11.3 Å². The van der Waals surface area contributed by atoms with Gasteiger partial charge in [-0.15, -0.1) is 0 Å². The van der Waals surface area contributed by atoms with Crippen LogP contribution in [-0.2, 0) is 11.3 Å². The van der Waals surface area contributed by atoms with E-state index in [2.05, 4.69) is 23.3 Å². The molecule has 5 rings (SSSR count). The standard InChI is InChI=1S/C27H27N5OS2/c1-3-29-20-14-13-19(16-28)15-21(20)30-27-32(17-18-9-5-4-6-10-18)25(33)24(35-27)26-31(2)22-11-7-8-12-23(22)34-26/h4-6,9-10,13-15,29H,3,7-8,11-12,17H2,1-2H3. The molecule has 0 saturated carbocycles. The Labute approximate surface area is 214 Å². The lowest BCUT2D eigenvalue weighted by Gasteiger charge is -2.20. The highest BCUT2D eigenvalue weighted by Gasteiger charge is 2.40. The van der Waals surface area contributed by atoms with Crippen molar-refractivity contribution in [2.24, 2.45) is 4.99 Å². The molecule has 3 aliphatic rings. The molecule has 0 aromatic heterocycles. The molecular weight excluding hydrogens is 474 g/mol. The van der Waals surface area contributed by atoms with Gasteiger partial charge in [0.1, 0.15) is 4.91 Å². The van der Waals surface area contributed by atoms with Gasteiger partial charge in [0.05, 0.1) is 34.6 Å². The highest BCUT2D eigenvalue weighted by Crippen LogP contribution is 2.51. The molecule has 1 N–H and O–H groups in total. The highest BCUT2D eigenvalue weighted by atomic mass is 32.2. The summed E-state index contributed by atoms with van der Waals surface area (Å²) in [6.45, 7) is 3.20. The number of carbonyl (C=O) groups is 1. The van der Waals surface area contributed by atoms with E-state index in [0.717, 1.165) is 40.6 Å². The summed E-state index contributed by atoms with van der Waals surface area (Å²) in [5.74, 6) is -0.0201. The van der Waals surface area contributed by atoms with Gasteiger partial charge in [0, 0.05) is 24.2 Å². The first kappa shape index (κ1) is 23.6. The molecule has 0 radical (unpaired) electrons. The van der Waals surface area contributed by atoms with E-state index in [1.165, 1.54) is 35.2 Å². The van der Waals surface area contributed by atoms with E-state index in [0.29, 0.717) is 23.0 Å². The summed E-state index contributed by atoms with van der Waals surface area (Å²) >= 11 is 3.18. The van der Waals surface area contributed by atoms with Crippen molar-refractivity contribution < 1.29 is 4.79 Å². The van der Waals surface area contributed by atoms with Crippen molar-refractivity contribution in [2.75, 3.05) is 18.9 Å². The second-order valence-electron chi connectivity index (χ2n) is 8.62. The van der Waals surface area contributed by atoms with Crippen LogP contribution in [0.4, 0.5) is 11.4 Å².